The maximum absolute atomic E-state index is 6.91. The number of para-hydroxylation sites is 3. The molecule has 9 aromatic carbocycles. The summed E-state index contributed by atoms with van der Waals surface area (Å²) in [5, 5.41) is 4.58. The van der Waals surface area contributed by atoms with E-state index in [0.29, 0.717) is 23.0 Å². The van der Waals surface area contributed by atoms with Crippen molar-refractivity contribution >= 4 is 78.9 Å². The van der Waals surface area contributed by atoms with E-state index in [1.165, 1.54) is 60.9 Å². The van der Waals surface area contributed by atoms with Gasteiger partial charge in [-0.15, -0.1) is 0 Å². The molecule has 71 heavy (non-hydrogen) atoms. The first-order valence-corrected chi connectivity index (χ1v) is 25.3. The molecule has 0 fully saturated rings. The summed E-state index contributed by atoms with van der Waals surface area (Å²) in [5.41, 5.74) is 19.8. The molecular formula is C65H55BN2O3. The van der Waals surface area contributed by atoms with Crippen LogP contribution in [0.3, 0.4) is 0 Å². The lowest BCUT2D eigenvalue weighted by atomic mass is 9.43. The van der Waals surface area contributed by atoms with Gasteiger partial charge >= 0.3 is 6.85 Å². The van der Waals surface area contributed by atoms with Crippen molar-refractivity contribution in [3.8, 4) is 45.3 Å². The number of hydrogen-bond acceptors (Lipinski definition) is 5. The van der Waals surface area contributed by atoms with E-state index in [1.807, 2.05) is 24.3 Å². The van der Waals surface area contributed by atoms with Crippen molar-refractivity contribution in [2.24, 2.45) is 0 Å². The van der Waals surface area contributed by atoms with E-state index in [9.17, 15) is 0 Å². The summed E-state index contributed by atoms with van der Waals surface area (Å²) in [6.07, 6.45) is 2.27. The minimum atomic E-state index is -0.304. The van der Waals surface area contributed by atoms with Crippen molar-refractivity contribution < 1.29 is 13.9 Å². The zero-order chi connectivity index (χ0) is 48.3. The normalized spacial score (nSPS) is 15.9. The van der Waals surface area contributed by atoms with Gasteiger partial charge in [0.05, 0.1) is 0 Å². The third-order valence-electron chi connectivity index (χ3n) is 16.4. The minimum Gasteiger partial charge on any atom is -0.456 e. The van der Waals surface area contributed by atoms with E-state index < -0.39 is 0 Å². The molecule has 1 aromatic heterocycles. The van der Waals surface area contributed by atoms with Crippen molar-refractivity contribution in [3.05, 3.63) is 186 Å². The molecule has 10 aromatic rings. The van der Waals surface area contributed by atoms with E-state index in [4.69, 9.17) is 13.9 Å². The number of nitrogens with zero attached hydrogens (tertiary/aromatic N) is 2. The summed E-state index contributed by atoms with van der Waals surface area (Å²) in [6, 6.07) is 60.3. The lowest BCUT2D eigenvalue weighted by Crippen LogP contribution is -2.61. The van der Waals surface area contributed by atoms with Gasteiger partial charge in [0.15, 0.2) is 23.0 Å². The Hall–Kier alpha value is -7.70. The Morgan fingerprint density at radius 1 is 0.507 bits per heavy atom. The number of aryl methyl sites for hydroxylation is 1. The second kappa shape index (κ2) is 14.7. The number of furan rings is 1. The average Bonchev–Trinajstić information content (AvgIpc) is 3.73. The number of benzene rings is 9. The molecule has 0 atom stereocenters. The minimum absolute atomic E-state index is 0.00542. The maximum Gasteiger partial charge on any atom is 0.333 e. The molecule has 346 valence electrons. The van der Waals surface area contributed by atoms with Gasteiger partial charge in [0.25, 0.3) is 0 Å². The summed E-state index contributed by atoms with van der Waals surface area (Å²) in [4.78, 5) is 5.22. The zero-order valence-electron chi connectivity index (χ0n) is 41.7. The third-order valence-corrected chi connectivity index (χ3v) is 16.4. The van der Waals surface area contributed by atoms with Crippen LogP contribution in [0, 0.1) is 6.92 Å². The summed E-state index contributed by atoms with van der Waals surface area (Å²) in [7, 11) is 0. The van der Waals surface area contributed by atoms with Gasteiger partial charge in [-0.2, -0.15) is 0 Å². The van der Waals surface area contributed by atoms with Crippen molar-refractivity contribution in [2.45, 2.75) is 84.5 Å². The zero-order valence-corrected chi connectivity index (χ0v) is 41.7. The highest BCUT2D eigenvalue weighted by atomic mass is 16.6. The van der Waals surface area contributed by atoms with Crippen LogP contribution in [-0.4, -0.2) is 6.85 Å². The monoisotopic (exact) mass is 922 g/mol. The molecule has 3 aliphatic heterocycles. The second-order valence-corrected chi connectivity index (χ2v) is 22.8. The Kier molecular flexibility index (Phi) is 8.73. The summed E-state index contributed by atoms with van der Waals surface area (Å²) >= 11 is 0. The highest BCUT2D eigenvalue weighted by Gasteiger charge is 2.48. The largest absolute Gasteiger partial charge is 0.456 e. The van der Waals surface area contributed by atoms with Gasteiger partial charge in [-0.3, -0.25) is 0 Å². The van der Waals surface area contributed by atoms with Crippen molar-refractivity contribution in [3.63, 3.8) is 0 Å². The Morgan fingerprint density at radius 2 is 1.17 bits per heavy atom. The average molecular weight is 923 g/mol. The molecule has 0 radical (unpaired) electrons. The molecule has 0 saturated carbocycles. The van der Waals surface area contributed by atoms with Crippen LogP contribution >= 0.6 is 0 Å². The first-order chi connectivity index (χ1) is 34.2. The van der Waals surface area contributed by atoms with Crippen molar-refractivity contribution in [1.29, 1.82) is 0 Å². The van der Waals surface area contributed by atoms with Crippen LogP contribution in [0.1, 0.15) is 83.6 Å². The van der Waals surface area contributed by atoms with Gasteiger partial charge < -0.3 is 23.6 Å². The van der Waals surface area contributed by atoms with Gasteiger partial charge in [0.1, 0.15) is 11.2 Å². The quantitative estimate of drug-likeness (QED) is 0.165. The van der Waals surface area contributed by atoms with Gasteiger partial charge in [-0.05, 0) is 152 Å². The predicted octanol–water partition coefficient (Wildman–Crippen LogP) is 17.0. The smallest absolute Gasteiger partial charge is 0.333 e. The number of hydrogen-bond donors (Lipinski definition) is 0. The topological polar surface area (TPSA) is 38.1 Å². The van der Waals surface area contributed by atoms with E-state index in [2.05, 4.69) is 205 Å². The van der Waals surface area contributed by atoms with E-state index in [0.717, 1.165) is 68.6 Å². The Bertz CT molecular complexity index is 3910. The van der Waals surface area contributed by atoms with Crippen LogP contribution in [0.2, 0.25) is 0 Å². The molecular weight excluding hydrogens is 868 g/mol. The molecule has 1 aliphatic carbocycles. The summed E-state index contributed by atoms with van der Waals surface area (Å²) in [6.45, 7) is 18.6. The number of anilines is 5. The van der Waals surface area contributed by atoms with E-state index in [1.54, 1.807) is 0 Å². The molecule has 0 spiro atoms. The van der Waals surface area contributed by atoms with Crippen molar-refractivity contribution in [2.75, 3.05) is 9.71 Å². The first-order valence-electron chi connectivity index (χ1n) is 25.3. The van der Waals surface area contributed by atoms with Crippen LogP contribution in [-0.2, 0) is 16.2 Å². The maximum atomic E-state index is 6.91. The molecule has 0 unspecified atom stereocenters. The fourth-order valence-corrected chi connectivity index (χ4v) is 12.5. The molecule has 4 heterocycles. The molecule has 4 aliphatic rings. The molecule has 14 rings (SSSR count). The lowest BCUT2D eigenvalue weighted by molar-refractivity contribution is 0.332. The van der Waals surface area contributed by atoms with Gasteiger partial charge in [0.2, 0.25) is 0 Å². The summed E-state index contributed by atoms with van der Waals surface area (Å²) < 4.78 is 20.6. The lowest BCUT2D eigenvalue weighted by Gasteiger charge is -2.48. The van der Waals surface area contributed by atoms with E-state index in [-0.39, 0.29) is 23.1 Å². The standard InChI is InChI=1S/C65H55BN2O3/c1-38-30-47-48(65(7,8)29-28-64(47,5)6)35-51(38)67-53-37-60-59(70-56-24-16-17-25-57(56)71-60)36-49(53)66-62-54(67)31-40-20-12-13-21-42(40)61(62)46-34-58-45(43-22-14-15-23-55(43)69-58)33-52(46)68(66)50-27-26-41(63(2,3)4)32-44(50)39-18-10-9-11-19-39/h9-27,30-37H,28-29H2,1-8H3. The highest BCUT2D eigenvalue weighted by molar-refractivity contribution is 6.94. The summed E-state index contributed by atoms with van der Waals surface area (Å²) in [5.74, 6) is 2.81. The Labute approximate surface area is 416 Å². The number of ether oxygens (including phenoxy) is 2. The number of fused-ring (bicyclic) bond motifs is 12. The predicted molar refractivity (Wildman–Crippen MR) is 296 cm³/mol. The van der Waals surface area contributed by atoms with Crippen LogP contribution in [0.4, 0.5) is 28.4 Å². The fourth-order valence-electron chi connectivity index (χ4n) is 12.5. The van der Waals surface area contributed by atoms with Gasteiger partial charge in [0, 0.05) is 56.4 Å². The Morgan fingerprint density at radius 3 is 1.92 bits per heavy atom. The van der Waals surface area contributed by atoms with Crippen LogP contribution < -0.4 is 30.1 Å². The highest BCUT2D eigenvalue weighted by Crippen LogP contribution is 2.56. The second-order valence-electron chi connectivity index (χ2n) is 22.8. The van der Waals surface area contributed by atoms with Gasteiger partial charge in [-0.25, -0.2) is 0 Å². The molecule has 0 N–H and O–H groups in total. The van der Waals surface area contributed by atoms with Crippen LogP contribution in [0.5, 0.6) is 23.0 Å². The molecule has 0 amide bonds. The molecule has 0 saturated heterocycles. The van der Waals surface area contributed by atoms with Crippen molar-refractivity contribution in [1.82, 2.24) is 0 Å². The van der Waals surface area contributed by atoms with Gasteiger partial charge in [-0.1, -0.05) is 146 Å². The number of rotatable bonds is 3. The third kappa shape index (κ3) is 6.19. The SMILES string of the molecule is Cc1cc2c(cc1N1c3cc4c(cc3B3c5c1cc1ccccc1c5-c1cc5oc6ccccc6c5cc1N3c1ccc(C(C)(C)C)cc1-c1ccccc1)Oc1ccccc1O4)C(C)(C)CCC2(C)C. The molecule has 0 bridgehead atoms. The molecule has 6 heteroatoms. The molecule has 5 nitrogen and oxygen atoms in total. The van der Waals surface area contributed by atoms with Crippen LogP contribution in [0.25, 0.3) is 55.0 Å². The fraction of sp³-hybridized carbons (Fsp3) is 0.200. The Balaban J connectivity index is 1.15. The van der Waals surface area contributed by atoms with Crippen LogP contribution in [0.15, 0.2) is 168 Å². The van der Waals surface area contributed by atoms with E-state index >= 15 is 0 Å². The first kappa shape index (κ1) is 42.2.